The maximum atomic E-state index is 12.9. The normalized spacial score (nSPS) is 11.8. The van der Waals surface area contributed by atoms with Crippen molar-refractivity contribution in [3.63, 3.8) is 0 Å². The van der Waals surface area contributed by atoms with Crippen LogP contribution < -0.4 is 0 Å². The molecule has 10 heteroatoms. The molecule has 2 aromatic heterocycles. The van der Waals surface area contributed by atoms with Gasteiger partial charge in [-0.3, -0.25) is 0 Å². The molecule has 0 aliphatic rings. The summed E-state index contributed by atoms with van der Waals surface area (Å²) in [5.74, 6) is -1.77. The molecule has 2 rings (SSSR count). The van der Waals surface area contributed by atoms with Crippen LogP contribution in [-0.4, -0.2) is 31.1 Å². The van der Waals surface area contributed by atoms with Gasteiger partial charge >= 0.3 is 12.1 Å². The molecule has 0 radical (unpaired) electrons. The highest BCUT2D eigenvalue weighted by Gasteiger charge is 2.41. The predicted octanol–water partition coefficient (Wildman–Crippen LogP) is 2.06. The average molecular weight is 306 g/mol. The maximum Gasteiger partial charge on any atom is 0.435 e. The number of aromatic nitrogens is 4. The molecule has 0 spiro atoms. The largest absolute Gasteiger partial charge is 0.476 e. The standard InChI is InChI=1S/C10H9F3N4O2S/c1-2-6-14-5(4-20-6)3-17-8(10(11,12)13)7(9(18)19)15-16-17/h4H,2-3H2,1H3,(H,18,19). The molecule has 0 aromatic carbocycles. The number of thiazole rings is 1. The zero-order valence-corrected chi connectivity index (χ0v) is 11.0. The zero-order valence-electron chi connectivity index (χ0n) is 10.2. The van der Waals surface area contributed by atoms with E-state index in [9.17, 15) is 18.0 Å². The summed E-state index contributed by atoms with van der Waals surface area (Å²) >= 11 is 1.33. The second-order valence-electron chi connectivity index (χ2n) is 3.83. The Hall–Kier alpha value is -1.97. The third kappa shape index (κ3) is 2.79. The summed E-state index contributed by atoms with van der Waals surface area (Å²) in [6, 6.07) is 0. The van der Waals surface area contributed by atoms with Crippen molar-refractivity contribution in [3.8, 4) is 0 Å². The van der Waals surface area contributed by atoms with Crippen molar-refractivity contribution in [2.45, 2.75) is 26.1 Å². The fourth-order valence-corrected chi connectivity index (χ4v) is 2.32. The number of carboxylic acids is 1. The minimum atomic E-state index is -4.85. The van der Waals surface area contributed by atoms with Gasteiger partial charge in [0.1, 0.15) is 0 Å². The number of nitrogens with zero attached hydrogens (tertiary/aromatic N) is 4. The van der Waals surface area contributed by atoms with Crippen molar-refractivity contribution in [3.05, 3.63) is 27.5 Å². The third-order valence-electron chi connectivity index (χ3n) is 2.42. The van der Waals surface area contributed by atoms with Gasteiger partial charge in [0.2, 0.25) is 5.69 Å². The van der Waals surface area contributed by atoms with Crippen LogP contribution in [0.4, 0.5) is 13.2 Å². The number of halogens is 3. The summed E-state index contributed by atoms with van der Waals surface area (Å²) < 4.78 is 39.2. The summed E-state index contributed by atoms with van der Waals surface area (Å²) in [5, 5.41) is 17.5. The van der Waals surface area contributed by atoms with E-state index in [2.05, 4.69) is 15.3 Å². The van der Waals surface area contributed by atoms with Crippen LogP contribution in [0.1, 0.15) is 33.8 Å². The van der Waals surface area contributed by atoms with Crippen LogP contribution in [-0.2, 0) is 19.1 Å². The van der Waals surface area contributed by atoms with Gasteiger partial charge in [-0.2, -0.15) is 13.2 Å². The Morgan fingerprint density at radius 3 is 2.70 bits per heavy atom. The fraction of sp³-hybridized carbons (Fsp3) is 0.400. The van der Waals surface area contributed by atoms with Gasteiger partial charge in [-0.05, 0) is 6.42 Å². The third-order valence-corrected chi connectivity index (χ3v) is 3.46. The Morgan fingerprint density at radius 1 is 1.50 bits per heavy atom. The van der Waals surface area contributed by atoms with Gasteiger partial charge in [0.25, 0.3) is 0 Å². The molecule has 0 amide bonds. The fourth-order valence-electron chi connectivity index (χ4n) is 1.59. The van der Waals surface area contributed by atoms with Crippen molar-refractivity contribution >= 4 is 17.3 Å². The number of carbonyl (C=O) groups is 1. The molecule has 20 heavy (non-hydrogen) atoms. The highest BCUT2D eigenvalue weighted by Crippen LogP contribution is 2.31. The van der Waals surface area contributed by atoms with E-state index in [1.807, 2.05) is 6.92 Å². The topological polar surface area (TPSA) is 80.9 Å². The minimum absolute atomic E-state index is 0.272. The number of aryl methyl sites for hydroxylation is 1. The highest BCUT2D eigenvalue weighted by molar-refractivity contribution is 7.09. The molecule has 0 atom stereocenters. The van der Waals surface area contributed by atoms with Gasteiger partial charge in [-0.1, -0.05) is 12.1 Å². The van der Waals surface area contributed by atoms with E-state index in [0.717, 1.165) is 5.01 Å². The highest BCUT2D eigenvalue weighted by atomic mass is 32.1. The molecular weight excluding hydrogens is 297 g/mol. The van der Waals surface area contributed by atoms with E-state index < -0.39 is 23.5 Å². The molecule has 2 heterocycles. The van der Waals surface area contributed by atoms with Crippen LogP contribution in [0.3, 0.4) is 0 Å². The Kier molecular flexibility index (Phi) is 3.75. The van der Waals surface area contributed by atoms with E-state index in [0.29, 0.717) is 16.8 Å². The molecule has 1 N–H and O–H groups in total. The van der Waals surface area contributed by atoms with E-state index in [1.54, 1.807) is 5.38 Å². The van der Waals surface area contributed by atoms with Crippen LogP contribution in [0.25, 0.3) is 0 Å². The molecule has 0 aliphatic carbocycles. The lowest BCUT2D eigenvalue weighted by atomic mass is 10.3. The van der Waals surface area contributed by atoms with Crippen LogP contribution in [0, 0.1) is 0 Å². The SMILES string of the molecule is CCc1nc(Cn2nnc(C(=O)O)c2C(F)(F)F)cs1. The molecule has 6 nitrogen and oxygen atoms in total. The number of hydrogen-bond acceptors (Lipinski definition) is 5. The molecule has 0 fully saturated rings. The lowest BCUT2D eigenvalue weighted by molar-refractivity contribution is -0.144. The number of aromatic carboxylic acids is 1. The van der Waals surface area contributed by atoms with Gasteiger partial charge in [0.15, 0.2) is 5.69 Å². The second kappa shape index (κ2) is 5.19. The van der Waals surface area contributed by atoms with Crippen molar-refractivity contribution in [1.82, 2.24) is 20.0 Å². The van der Waals surface area contributed by atoms with E-state index >= 15 is 0 Å². The van der Waals surface area contributed by atoms with Gasteiger partial charge in [-0.25, -0.2) is 14.5 Å². The number of carboxylic acid groups (broad SMARTS) is 1. The van der Waals surface area contributed by atoms with Crippen molar-refractivity contribution in [2.75, 3.05) is 0 Å². The second-order valence-corrected chi connectivity index (χ2v) is 4.78. The average Bonchev–Trinajstić information content (AvgIpc) is 2.95. The van der Waals surface area contributed by atoms with Gasteiger partial charge < -0.3 is 5.11 Å². The van der Waals surface area contributed by atoms with Crippen molar-refractivity contribution < 1.29 is 23.1 Å². The number of hydrogen-bond donors (Lipinski definition) is 1. The molecule has 0 saturated heterocycles. The van der Waals surface area contributed by atoms with Gasteiger partial charge in [0.05, 0.1) is 17.2 Å². The summed E-state index contributed by atoms with van der Waals surface area (Å²) in [6.07, 6.45) is -4.17. The molecule has 0 aliphatic heterocycles. The first-order valence-corrected chi connectivity index (χ1v) is 6.38. The van der Waals surface area contributed by atoms with Crippen LogP contribution in [0.5, 0.6) is 0 Å². The molecule has 0 unspecified atom stereocenters. The first-order valence-electron chi connectivity index (χ1n) is 5.50. The van der Waals surface area contributed by atoms with E-state index in [1.165, 1.54) is 11.3 Å². The summed E-state index contributed by atoms with van der Waals surface area (Å²) in [7, 11) is 0. The molecule has 0 bridgehead atoms. The number of alkyl halides is 3. The molecule has 2 aromatic rings. The van der Waals surface area contributed by atoms with Crippen molar-refractivity contribution in [1.29, 1.82) is 0 Å². The zero-order chi connectivity index (χ0) is 14.9. The Balaban J connectivity index is 2.39. The van der Waals surface area contributed by atoms with Crippen LogP contribution in [0.15, 0.2) is 5.38 Å². The minimum Gasteiger partial charge on any atom is -0.476 e. The Morgan fingerprint density at radius 2 is 2.20 bits per heavy atom. The molecular formula is C10H9F3N4O2S. The summed E-state index contributed by atoms with van der Waals surface area (Å²) in [6.45, 7) is 1.60. The van der Waals surface area contributed by atoms with E-state index in [-0.39, 0.29) is 6.54 Å². The lowest BCUT2D eigenvalue weighted by Gasteiger charge is -2.08. The van der Waals surface area contributed by atoms with Crippen LogP contribution >= 0.6 is 11.3 Å². The maximum absolute atomic E-state index is 12.9. The monoisotopic (exact) mass is 306 g/mol. The Bertz CT molecular complexity index is 635. The Labute approximate surface area is 114 Å². The molecule has 108 valence electrons. The quantitative estimate of drug-likeness (QED) is 0.935. The van der Waals surface area contributed by atoms with Gasteiger partial charge in [-0.15, -0.1) is 16.4 Å². The van der Waals surface area contributed by atoms with Crippen LogP contribution in [0.2, 0.25) is 0 Å². The predicted molar refractivity (Wildman–Crippen MR) is 62.6 cm³/mol. The lowest BCUT2D eigenvalue weighted by Crippen LogP contribution is -2.19. The first kappa shape index (κ1) is 14.4. The van der Waals surface area contributed by atoms with E-state index in [4.69, 9.17) is 5.11 Å². The first-order chi connectivity index (χ1) is 9.32. The molecule has 0 saturated carbocycles. The number of rotatable bonds is 4. The smallest absolute Gasteiger partial charge is 0.435 e. The summed E-state index contributed by atoms with van der Waals surface area (Å²) in [4.78, 5) is 14.9. The van der Waals surface area contributed by atoms with Crippen molar-refractivity contribution in [2.24, 2.45) is 0 Å². The summed E-state index contributed by atoms with van der Waals surface area (Å²) in [5.41, 5.74) is -2.10. The van der Waals surface area contributed by atoms with Gasteiger partial charge in [0, 0.05) is 5.38 Å².